The third-order valence-electron chi connectivity index (χ3n) is 4.20. The van der Waals surface area contributed by atoms with Crippen molar-refractivity contribution in [1.82, 2.24) is 4.72 Å². The number of hydrogen-bond donors (Lipinski definition) is 2. The number of hydrogen-bond acceptors (Lipinski definition) is 5. The molecule has 0 aromatic heterocycles. The zero-order valence-electron chi connectivity index (χ0n) is 15.0. The van der Waals surface area contributed by atoms with E-state index in [4.69, 9.17) is 4.74 Å². The normalized spacial score (nSPS) is 15.0. The Morgan fingerprint density at radius 3 is 2.65 bits per heavy atom. The molecule has 1 aliphatic heterocycles. The number of ether oxygens (including phenoxy) is 1. The molecular weight excluding hydrogens is 352 g/mol. The maximum Gasteiger partial charge on any atom is 0.264 e. The summed E-state index contributed by atoms with van der Waals surface area (Å²) in [5.41, 5.74) is 2.04. The number of nitrogens with one attached hydrogen (secondary N) is 2. The summed E-state index contributed by atoms with van der Waals surface area (Å²) < 4.78 is 33.0. The van der Waals surface area contributed by atoms with E-state index in [0.717, 1.165) is 12.0 Å². The molecule has 1 heterocycles. The van der Waals surface area contributed by atoms with Crippen LogP contribution in [-0.2, 0) is 27.7 Å². The number of carbonyl (C=O) groups excluding carboxylic acids is 1. The van der Waals surface area contributed by atoms with Gasteiger partial charge in [0.2, 0.25) is 5.91 Å². The van der Waals surface area contributed by atoms with Crippen molar-refractivity contribution in [3.63, 3.8) is 0 Å². The van der Waals surface area contributed by atoms with Gasteiger partial charge in [-0.05, 0) is 37.6 Å². The van der Waals surface area contributed by atoms with Crippen LogP contribution in [-0.4, -0.2) is 27.0 Å². The molecule has 2 aromatic carbocycles. The van der Waals surface area contributed by atoms with Gasteiger partial charge in [-0.25, -0.2) is 13.1 Å². The Kier molecular flexibility index (Phi) is 4.66. The Bertz CT molecular complexity index is 952. The van der Waals surface area contributed by atoms with Crippen LogP contribution in [0.25, 0.3) is 0 Å². The average Bonchev–Trinajstić information content (AvgIpc) is 2.89. The van der Waals surface area contributed by atoms with E-state index in [1.807, 2.05) is 26.0 Å². The summed E-state index contributed by atoms with van der Waals surface area (Å²) >= 11 is 0. The number of rotatable bonds is 5. The topological polar surface area (TPSA) is 84.5 Å². The summed E-state index contributed by atoms with van der Waals surface area (Å²) in [6, 6.07) is 11.9. The molecule has 1 amide bonds. The van der Waals surface area contributed by atoms with E-state index in [2.05, 4.69) is 10.0 Å². The first-order valence-electron chi connectivity index (χ1n) is 8.33. The summed E-state index contributed by atoms with van der Waals surface area (Å²) in [5, 5.41) is 2.87. The molecule has 0 spiro atoms. The van der Waals surface area contributed by atoms with Gasteiger partial charge in [-0.15, -0.1) is 0 Å². The maximum atomic E-state index is 12.4. The van der Waals surface area contributed by atoms with Gasteiger partial charge in [0.05, 0.1) is 11.3 Å². The van der Waals surface area contributed by atoms with Gasteiger partial charge in [0.25, 0.3) is 10.0 Å². The van der Waals surface area contributed by atoms with E-state index in [-0.39, 0.29) is 16.9 Å². The molecule has 0 bridgehead atoms. The first-order valence-corrected chi connectivity index (χ1v) is 9.82. The van der Waals surface area contributed by atoms with Gasteiger partial charge in [0, 0.05) is 24.7 Å². The van der Waals surface area contributed by atoms with Gasteiger partial charge in [-0.1, -0.05) is 24.3 Å². The van der Waals surface area contributed by atoms with E-state index < -0.39 is 15.9 Å². The molecule has 0 saturated heterocycles. The van der Waals surface area contributed by atoms with Crippen molar-refractivity contribution in [3.8, 4) is 5.75 Å². The van der Waals surface area contributed by atoms with Crippen LogP contribution in [0.15, 0.2) is 47.4 Å². The van der Waals surface area contributed by atoms with Gasteiger partial charge in [-0.3, -0.25) is 4.79 Å². The van der Waals surface area contributed by atoms with Crippen molar-refractivity contribution in [3.05, 3.63) is 53.6 Å². The van der Waals surface area contributed by atoms with Crippen LogP contribution in [0.1, 0.15) is 25.0 Å². The Morgan fingerprint density at radius 2 is 1.92 bits per heavy atom. The number of para-hydroxylation sites is 1. The molecule has 0 unspecified atom stereocenters. The van der Waals surface area contributed by atoms with E-state index in [9.17, 15) is 13.2 Å². The van der Waals surface area contributed by atoms with Crippen LogP contribution in [0.4, 0.5) is 5.69 Å². The molecule has 6 nitrogen and oxygen atoms in total. The third kappa shape index (κ3) is 3.83. The monoisotopic (exact) mass is 374 g/mol. The second-order valence-electron chi connectivity index (χ2n) is 6.93. The molecule has 0 atom stereocenters. The average molecular weight is 374 g/mol. The molecule has 1 aliphatic rings. The predicted molar refractivity (Wildman–Crippen MR) is 99.9 cm³/mol. The number of anilines is 1. The van der Waals surface area contributed by atoms with E-state index in [1.54, 1.807) is 25.2 Å². The summed E-state index contributed by atoms with van der Waals surface area (Å²) in [6.45, 7) is 3.96. The van der Waals surface area contributed by atoms with Gasteiger partial charge < -0.3 is 10.1 Å². The molecule has 3 rings (SSSR count). The molecule has 0 saturated carbocycles. The zero-order valence-corrected chi connectivity index (χ0v) is 15.8. The number of sulfonamides is 1. The quantitative estimate of drug-likeness (QED) is 0.840. The molecule has 2 N–H and O–H groups in total. The van der Waals surface area contributed by atoms with Crippen molar-refractivity contribution in [2.45, 2.75) is 37.2 Å². The lowest BCUT2D eigenvalue weighted by Gasteiger charge is -2.18. The first-order chi connectivity index (χ1) is 12.2. The molecule has 2 aromatic rings. The van der Waals surface area contributed by atoms with Crippen LogP contribution in [0, 0.1) is 0 Å². The Morgan fingerprint density at radius 1 is 1.19 bits per heavy atom. The van der Waals surface area contributed by atoms with Gasteiger partial charge in [0.1, 0.15) is 11.4 Å². The van der Waals surface area contributed by atoms with E-state index in [0.29, 0.717) is 17.0 Å². The molecular formula is C19H22N2O4S. The molecule has 0 aliphatic carbocycles. The fourth-order valence-corrected chi connectivity index (χ4v) is 4.08. The van der Waals surface area contributed by atoms with Crippen LogP contribution in [0.2, 0.25) is 0 Å². The number of benzene rings is 2. The second kappa shape index (κ2) is 6.64. The van der Waals surface area contributed by atoms with Crippen LogP contribution < -0.4 is 14.8 Å². The smallest absolute Gasteiger partial charge is 0.264 e. The van der Waals surface area contributed by atoms with Crippen LogP contribution in [0.3, 0.4) is 0 Å². The summed E-state index contributed by atoms with van der Waals surface area (Å²) in [5.74, 6) is 0.0868. The van der Waals surface area contributed by atoms with Gasteiger partial charge >= 0.3 is 0 Å². The van der Waals surface area contributed by atoms with Crippen molar-refractivity contribution in [2.75, 3.05) is 12.4 Å². The summed E-state index contributed by atoms with van der Waals surface area (Å²) in [7, 11) is -2.23. The highest BCUT2D eigenvalue weighted by Crippen LogP contribution is 2.37. The summed E-state index contributed by atoms with van der Waals surface area (Å²) in [6.07, 6.45) is 0.692. The standard InChI is InChI=1S/C19H22N2O4S/c1-19(2)12-14-7-4-6-13(18(14)25-19)10-17(22)21-26(23,24)16-9-5-8-15(11-16)20-3/h4-9,11,20H,10,12H2,1-3H3,(H,21,22). The Balaban J connectivity index is 1.77. The minimum Gasteiger partial charge on any atom is -0.487 e. The van der Waals surface area contributed by atoms with Crippen molar-refractivity contribution in [1.29, 1.82) is 0 Å². The minimum absolute atomic E-state index is 0.0355. The number of fused-ring (bicyclic) bond motifs is 1. The fourth-order valence-electron chi connectivity index (χ4n) is 3.06. The van der Waals surface area contributed by atoms with E-state index in [1.165, 1.54) is 12.1 Å². The number of carbonyl (C=O) groups is 1. The SMILES string of the molecule is CNc1cccc(S(=O)(=O)NC(=O)Cc2cccc3c2OC(C)(C)C3)c1. The van der Waals surface area contributed by atoms with Crippen LogP contribution >= 0.6 is 0 Å². The Labute approximate surface area is 153 Å². The zero-order chi connectivity index (χ0) is 18.9. The van der Waals surface area contributed by atoms with Crippen LogP contribution in [0.5, 0.6) is 5.75 Å². The van der Waals surface area contributed by atoms with Crippen molar-refractivity contribution in [2.24, 2.45) is 0 Å². The fraction of sp³-hybridized carbons (Fsp3) is 0.316. The largest absolute Gasteiger partial charge is 0.487 e. The lowest BCUT2D eigenvalue weighted by molar-refractivity contribution is -0.118. The lowest BCUT2D eigenvalue weighted by Crippen LogP contribution is -2.32. The highest BCUT2D eigenvalue weighted by molar-refractivity contribution is 7.90. The highest BCUT2D eigenvalue weighted by Gasteiger charge is 2.32. The minimum atomic E-state index is -3.93. The molecule has 26 heavy (non-hydrogen) atoms. The highest BCUT2D eigenvalue weighted by atomic mass is 32.2. The number of amides is 1. The molecule has 7 heteroatoms. The predicted octanol–water partition coefficient (Wildman–Crippen LogP) is 2.49. The van der Waals surface area contributed by atoms with E-state index >= 15 is 0 Å². The van der Waals surface area contributed by atoms with Crippen molar-refractivity contribution >= 4 is 21.6 Å². The third-order valence-corrected chi connectivity index (χ3v) is 5.58. The first kappa shape index (κ1) is 18.3. The maximum absolute atomic E-state index is 12.4. The van der Waals surface area contributed by atoms with Gasteiger partial charge in [0.15, 0.2) is 0 Å². The van der Waals surface area contributed by atoms with Gasteiger partial charge in [-0.2, -0.15) is 0 Å². The summed E-state index contributed by atoms with van der Waals surface area (Å²) in [4.78, 5) is 12.4. The van der Waals surface area contributed by atoms with Crippen molar-refractivity contribution < 1.29 is 17.9 Å². The molecule has 138 valence electrons. The lowest BCUT2D eigenvalue weighted by atomic mass is 10.00. The molecule has 0 fully saturated rings. The molecule has 0 radical (unpaired) electrons. The second-order valence-corrected chi connectivity index (χ2v) is 8.61. The Hall–Kier alpha value is -2.54.